The lowest BCUT2D eigenvalue weighted by molar-refractivity contribution is -0.121. The molecule has 6 nitrogen and oxygen atoms in total. The monoisotopic (exact) mass is 429 g/mol. The third-order valence-electron chi connectivity index (χ3n) is 2.88. The largest absolute Gasteiger partial charge is 0.382 e. The minimum Gasteiger partial charge on any atom is -0.382 e. The molecule has 1 aliphatic rings. The first kappa shape index (κ1) is 18.8. The van der Waals surface area contributed by atoms with E-state index in [0.29, 0.717) is 4.91 Å². The summed E-state index contributed by atoms with van der Waals surface area (Å²) >= 11 is 4.29. The third kappa shape index (κ3) is 4.28. The van der Waals surface area contributed by atoms with Crippen molar-refractivity contribution in [3.8, 4) is 0 Å². The number of carbonyl (C=O) groups is 1. The number of rotatable bonds is 5. The van der Waals surface area contributed by atoms with E-state index in [-0.39, 0.29) is 22.5 Å². The molecule has 0 aliphatic carbocycles. The zero-order valence-corrected chi connectivity index (χ0v) is 16.4. The first-order valence-corrected chi connectivity index (χ1v) is 9.89. The fourth-order valence-electron chi connectivity index (χ4n) is 1.85. The van der Waals surface area contributed by atoms with E-state index in [2.05, 4.69) is 26.9 Å². The van der Waals surface area contributed by atoms with E-state index in [1.54, 1.807) is 37.3 Å². The van der Waals surface area contributed by atoms with Crippen molar-refractivity contribution < 1.29 is 13.2 Å². The van der Waals surface area contributed by atoms with Crippen LogP contribution < -0.4 is 0 Å². The second-order valence-corrected chi connectivity index (χ2v) is 8.60. The van der Waals surface area contributed by atoms with Crippen LogP contribution in [-0.4, -0.2) is 49.9 Å². The number of amides is 1. The number of carbonyl (C=O) groups excluding carboxylic acids is 1. The van der Waals surface area contributed by atoms with Gasteiger partial charge in [0.15, 0.2) is 5.17 Å². The maximum absolute atomic E-state index is 12.5. The minimum absolute atomic E-state index is 0.0647. The minimum atomic E-state index is -3.91. The number of thioether (sulfide) groups is 1. The average Bonchev–Trinajstić information content (AvgIpc) is 2.75. The van der Waals surface area contributed by atoms with E-state index in [9.17, 15) is 13.2 Å². The van der Waals surface area contributed by atoms with Crippen LogP contribution >= 0.6 is 27.7 Å². The van der Waals surface area contributed by atoms with Crippen LogP contribution in [-0.2, 0) is 14.8 Å². The lowest BCUT2D eigenvalue weighted by Gasteiger charge is -2.12. The van der Waals surface area contributed by atoms with Gasteiger partial charge >= 0.3 is 0 Å². The summed E-state index contributed by atoms with van der Waals surface area (Å²) in [4.78, 5) is 15.9. The van der Waals surface area contributed by atoms with Crippen LogP contribution in [0.5, 0.6) is 0 Å². The molecule has 0 spiro atoms. The highest BCUT2D eigenvalue weighted by atomic mass is 79.9. The first-order valence-electron chi connectivity index (χ1n) is 6.84. The Morgan fingerprint density at radius 1 is 1.33 bits per heavy atom. The van der Waals surface area contributed by atoms with E-state index in [0.717, 1.165) is 16.2 Å². The van der Waals surface area contributed by atoms with E-state index < -0.39 is 10.0 Å². The molecule has 128 valence electrons. The number of halogens is 1. The normalized spacial score (nSPS) is 18.5. The molecule has 24 heavy (non-hydrogen) atoms. The Morgan fingerprint density at radius 2 is 1.96 bits per heavy atom. The van der Waals surface area contributed by atoms with Gasteiger partial charge in [0.25, 0.3) is 15.9 Å². The van der Waals surface area contributed by atoms with Crippen molar-refractivity contribution >= 4 is 48.8 Å². The molecule has 0 bridgehead atoms. The van der Waals surface area contributed by atoms with Gasteiger partial charge in [-0.25, -0.2) is 0 Å². The fourth-order valence-corrected chi connectivity index (χ4v) is 4.38. The van der Waals surface area contributed by atoms with Crippen molar-refractivity contribution in [2.75, 3.05) is 20.6 Å². The SMILES string of the molecule is C=CCN1C(=O)/C(=C\N(C)C)S/C1=N/S(=O)(=O)c1ccc(Br)cc1. The number of sulfonamides is 1. The van der Waals surface area contributed by atoms with Crippen molar-refractivity contribution in [1.82, 2.24) is 9.80 Å². The van der Waals surface area contributed by atoms with Gasteiger partial charge in [-0.15, -0.1) is 11.0 Å². The molecule has 1 aliphatic heterocycles. The Kier molecular flexibility index (Phi) is 5.89. The highest BCUT2D eigenvalue weighted by Crippen LogP contribution is 2.32. The molecule has 2 rings (SSSR count). The maximum atomic E-state index is 12.5. The Bertz CT molecular complexity index is 815. The lowest BCUT2D eigenvalue weighted by atomic mass is 10.4. The van der Waals surface area contributed by atoms with Crippen molar-refractivity contribution in [3.63, 3.8) is 0 Å². The van der Waals surface area contributed by atoms with Gasteiger partial charge in [-0.1, -0.05) is 22.0 Å². The molecule has 0 aromatic heterocycles. The predicted octanol–water partition coefficient (Wildman–Crippen LogP) is 2.66. The van der Waals surface area contributed by atoms with Crippen LogP contribution in [0.2, 0.25) is 0 Å². The van der Waals surface area contributed by atoms with Crippen LogP contribution in [0.4, 0.5) is 0 Å². The Morgan fingerprint density at radius 3 is 2.50 bits per heavy atom. The van der Waals surface area contributed by atoms with Crippen LogP contribution in [0.25, 0.3) is 0 Å². The number of amidine groups is 1. The molecule has 0 saturated carbocycles. The van der Waals surface area contributed by atoms with Crippen LogP contribution in [0.15, 0.2) is 61.8 Å². The lowest BCUT2D eigenvalue weighted by Crippen LogP contribution is -2.30. The van der Waals surface area contributed by atoms with Crippen molar-refractivity contribution in [2.24, 2.45) is 4.40 Å². The smallest absolute Gasteiger partial charge is 0.284 e. The fraction of sp³-hybridized carbons (Fsp3) is 0.200. The predicted molar refractivity (Wildman–Crippen MR) is 100 cm³/mol. The van der Waals surface area contributed by atoms with Crippen LogP contribution in [0.3, 0.4) is 0 Å². The summed E-state index contributed by atoms with van der Waals surface area (Å²) in [5.41, 5.74) is 0. The number of hydrogen-bond donors (Lipinski definition) is 0. The average molecular weight is 430 g/mol. The number of nitrogens with zero attached hydrogens (tertiary/aromatic N) is 3. The summed E-state index contributed by atoms with van der Waals surface area (Å²) in [7, 11) is -0.341. The van der Waals surface area contributed by atoms with E-state index in [1.807, 2.05) is 0 Å². The topological polar surface area (TPSA) is 70.1 Å². The molecule has 0 N–H and O–H groups in total. The molecule has 1 heterocycles. The van der Waals surface area contributed by atoms with Gasteiger partial charge in [0, 0.05) is 31.3 Å². The van der Waals surface area contributed by atoms with Gasteiger partial charge in [0.1, 0.15) is 0 Å². The molecule has 0 atom stereocenters. The Hall–Kier alpha value is -1.58. The van der Waals surface area contributed by atoms with Gasteiger partial charge in [-0.2, -0.15) is 8.42 Å². The summed E-state index contributed by atoms with van der Waals surface area (Å²) in [6.07, 6.45) is 3.16. The molecule has 1 fully saturated rings. The summed E-state index contributed by atoms with van der Waals surface area (Å²) in [5.74, 6) is -0.293. The first-order chi connectivity index (χ1) is 11.2. The molecule has 1 saturated heterocycles. The van der Waals surface area contributed by atoms with Gasteiger partial charge in [-0.3, -0.25) is 9.69 Å². The van der Waals surface area contributed by atoms with E-state index >= 15 is 0 Å². The van der Waals surface area contributed by atoms with Gasteiger partial charge in [-0.05, 0) is 36.0 Å². The summed E-state index contributed by atoms with van der Waals surface area (Å²) in [6, 6.07) is 6.16. The zero-order chi connectivity index (χ0) is 17.9. The molecule has 1 amide bonds. The third-order valence-corrected chi connectivity index (χ3v) is 5.80. The quantitative estimate of drug-likeness (QED) is 0.531. The van der Waals surface area contributed by atoms with Crippen molar-refractivity contribution in [2.45, 2.75) is 4.90 Å². The molecule has 9 heteroatoms. The van der Waals surface area contributed by atoms with Gasteiger partial charge in [0.2, 0.25) is 0 Å². The van der Waals surface area contributed by atoms with Gasteiger partial charge in [0.05, 0.1) is 9.80 Å². The molecular formula is C15H16BrN3O3S2. The summed E-state index contributed by atoms with van der Waals surface area (Å²) in [5, 5.41) is 0.121. The molecule has 0 radical (unpaired) electrons. The van der Waals surface area contributed by atoms with E-state index in [4.69, 9.17) is 0 Å². The van der Waals surface area contributed by atoms with Crippen molar-refractivity contribution in [1.29, 1.82) is 0 Å². The number of hydrogen-bond acceptors (Lipinski definition) is 5. The standard InChI is InChI=1S/C15H16BrN3O3S2/c1-4-9-19-14(20)13(10-18(2)3)23-15(19)17-24(21,22)12-7-5-11(16)6-8-12/h4-8,10H,1,9H2,2-3H3/b13-10+,17-15+. The van der Waals surface area contributed by atoms with Crippen molar-refractivity contribution in [3.05, 3.63) is 52.5 Å². The molecule has 0 unspecified atom stereocenters. The molecule has 1 aromatic carbocycles. The second kappa shape index (κ2) is 7.54. The highest BCUT2D eigenvalue weighted by molar-refractivity contribution is 9.10. The maximum Gasteiger partial charge on any atom is 0.284 e. The van der Waals surface area contributed by atoms with Crippen LogP contribution in [0.1, 0.15) is 0 Å². The van der Waals surface area contributed by atoms with E-state index in [1.165, 1.54) is 23.1 Å². The molecule has 1 aromatic rings. The summed E-state index contributed by atoms with van der Waals surface area (Å²) < 4.78 is 29.6. The molecular weight excluding hydrogens is 414 g/mol. The highest BCUT2D eigenvalue weighted by Gasteiger charge is 2.34. The Balaban J connectivity index is 2.43. The zero-order valence-electron chi connectivity index (χ0n) is 13.1. The van der Waals surface area contributed by atoms with Crippen LogP contribution in [0, 0.1) is 0 Å². The Labute approximate surface area is 154 Å². The second-order valence-electron chi connectivity index (χ2n) is 5.07. The summed E-state index contributed by atoms with van der Waals surface area (Å²) in [6.45, 7) is 3.79. The van der Waals surface area contributed by atoms with Gasteiger partial charge < -0.3 is 4.90 Å². The number of benzene rings is 1.